The van der Waals surface area contributed by atoms with Crippen molar-refractivity contribution >= 4 is 0 Å². The SMILES string of the molecule is COc1ccc(C2C(CNC3CC3)CCN2C)cc1C. The molecule has 20 heavy (non-hydrogen) atoms. The summed E-state index contributed by atoms with van der Waals surface area (Å²) in [6.07, 6.45) is 4.04. The summed E-state index contributed by atoms with van der Waals surface area (Å²) in [4.78, 5) is 2.50. The van der Waals surface area contributed by atoms with Gasteiger partial charge in [0, 0.05) is 18.6 Å². The van der Waals surface area contributed by atoms with Crippen molar-refractivity contribution in [1.82, 2.24) is 10.2 Å². The van der Waals surface area contributed by atoms with Crippen LogP contribution in [-0.4, -0.2) is 38.2 Å². The average molecular weight is 274 g/mol. The summed E-state index contributed by atoms with van der Waals surface area (Å²) in [5, 5.41) is 3.70. The molecular formula is C17H26N2O. The van der Waals surface area contributed by atoms with Gasteiger partial charge < -0.3 is 10.1 Å². The summed E-state index contributed by atoms with van der Waals surface area (Å²) < 4.78 is 5.38. The number of hydrogen-bond donors (Lipinski definition) is 1. The maximum absolute atomic E-state index is 5.38. The summed E-state index contributed by atoms with van der Waals surface area (Å²) >= 11 is 0. The number of aryl methyl sites for hydroxylation is 1. The molecule has 1 saturated heterocycles. The predicted molar refractivity (Wildman–Crippen MR) is 82.2 cm³/mol. The second-order valence-corrected chi connectivity index (χ2v) is 6.39. The van der Waals surface area contributed by atoms with Gasteiger partial charge in [-0.05, 0) is 62.9 Å². The van der Waals surface area contributed by atoms with E-state index in [9.17, 15) is 0 Å². The van der Waals surface area contributed by atoms with Crippen LogP contribution < -0.4 is 10.1 Å². The molecule has 2 unspecified atom stereocenters. The van der Waals surface area contributed by atoms with Crippen LogP contribution in [0.3, 0.4) is 0 Å². The number of methoxy groups -OCH3 is 1. The molecule has 110 valence electrons. The van der Waals surface area contributed by atoms with Gasteiger partial charge in [-0.3, -0.25) is 4.90 Å². The maximum Gasteiger partial charge on any atom is 0.121 e. The topological polar surface area (TPSA) is 24.5 Å². The van der Waals surface area contributed by atoms with E-state index in [0.29, 0.717) is 6.04 Å². The molecule has 1 aliphatic heterocycles. The third kappa shape index (κ3) is 2.84. The van der Waals surface area contributed by atoms with Gasteiger partial charge in [-0.2, -0.15) is 0 Å². The van der Waals surface area contributed by atoms with Gasteiger partial charge in [0.1, 0.15) is 5.75 Å². The Morgan fingerprint density at radius 2 is 2.10 bits per heavy atom. The standard InChI is InChI=1S/C17H26N2O/c1-12-10-13(4-7-16(12)20-3)17-14(8-9-19(17)2)11-18-15-5-6-15/h4,7,10,14-15,17-18H,5-6,8-9,11H2,1-3H3. The summed E-state index contributed by atoms with van der Waals surface area (Å²) in [5.41, 5.74) is 2.67. The van der Waals surface area contributed by atoms with Gasteiger partial charge in [0.25, 0.3) is 0 Å². The van der Waals surface area contributed by atoms with Crippen molar-refractivity contribution in [2.24, 2.45) is 5.92 Å². The van der Waals surface area contributed by atoms with E-state index in [-0.39, 0.29) is 0 Å². The van der Waals surface area contributed by atoms with Crippen LogP contribution in [0, 0.1) is 12.8 Å². The zero-order valence-electron chi connectivity index (χ0n) is 12.9. The highest BCUT2D eigenvalue weighted by molar-refractivity contribution is 5.38. The van der Waals surface area contributed by atoms with Gasteiger partial charge in [-0.25, -0.2) is 0 Å². The Morgan fingerprint density at radius 3 is 2.75 bits per heavy atom. The fourth-order valence-electron chi connectivity index (χ4n) is 3.46. The quantitative estimate of drug-likeness (QED) is 0.893. The van der Waals surface area contributed by atoms with E-state index in [1.165, 1.54) is 36.9 Å². The van der Waals surface area contributed by atoms with Crippen LogP contribution in [0.1, 0.15) is 36.4 Å². The van der Waals surface area contributed by atoms with Gasteiger partial charge in [-0.1, -0.05) is 12.1 Å². The van der Waals surface area contributed by atoms with Crippen molar-refractivity contribution in [3.05, 3.63) is 29.3 Å². The highest BCUT2D eigenvalue weighted by Gasteiger charge is 2.34. The third-order valence-electron chi connectivity index (χ3n) is 4.78. The molecule has 1 N–H and O–H groups in total. The fourth-order valence-corrected chi connectivity index (χ4v) is 3.46. The predicted octanol–water partition coefficient (Wildman–Crippen LogP) is 2.75. The minimum atomic E-state index is 0.547. The summed E-state index contributed by atoms with van der Waals surface area (Å²) in [5.74, 6) is 1.72. The number of rotatable bonds is 5. The first kappa shape index (κ1) is 13.9. The number of likely N-dealkylation sites (tertiary alicyclic amines) is 1. The summed E-state index contributed by atoms with van der Waals surface area (Å²) in [6, 6.07) is 8.00. The lowest BCUT2D eigenvalue weighted by atomic mass is 9.92. The molecule has 3 nitrogen and oxygen atoms in total. The highest BCUT2D eigenvalue weighted by Crippen LogP contribution is 2.37. The van der Waals surface area contributed by atoms with E-state index in [2.05, 4.69) is 42.4 Å². The molecule has 0 radical (unpaired) electrons. The zero-order valence-corrected chi connectivity index (χ0v) is 12.9. The van der Waals surface area contributed by atoms with Crippen LogP contribution in [0.2, 0.25) is 0 Å². The van der Waals surface area contributed by atoms with Crippen molar-refractivity contribution in [2.75, 3.05) is 27.2 Å². The fraction of sp³-hybridized carbons (Fsp3) is 0.647. The molecule has 1 aromatic carbocycles. The molecule has 1 aromatic rings. The van der Waals surface area contributed by atoms with E-state index in [0.717, 1.165) is 24.3 Å². The second-order valence-electron chi connectivity index (χ2n) is 6.39. The summed E-state index contributed by atoms with van der Waals surface area (Å²) in [6.45, 7) is 4.49. The number of nitrogens with one attached hydrogen (secondary N) is 1. The number of hydrogen-bond acceptors (Lipinski definition) is 3. The van der Waals surface area contributed by atoms with Crippen molar-refractivity contribution < 1.29 is 4.74 Å². The van der Waals surface area contributed by atoms with Crippen LogP contribution in [0.5, 0.6) is 5.75 Å². The van der Waals surface area contributed by atoms with Gasteiger partial charge in [0.05, 0.1) is 7.11 Å². The van der Waals surface area contributed by atoms with Crippen LogP contribution >= 0.6 is 0 Å². The van der Waals surface area contributed by atoms with Gasteiger partial charge in [0.2, 0.25) is 0 Å². The molecule has 0 aromatic heterocycles. The van der Waals surface area contributed by atoms with Crippen LogP contribution in [0.4, 0.5) is 0 Å². The normalized spacial score (nSPS) is 26.9. The lowest BCUT2D eigenvalue weighted by Crippen LogP contribution is -2.29. The van der Waals surface area contributed by atoms with Gasteiger partial charge in [-0.15, -0.1) is 0 Å². The molecule has 1 saturated carbocycles. The monoisotopic (exact) mass is 274 g/mol. The molecule has 0 bridgehead atoms. The van der Waals surface area contributed by atoms with Crippen LogP contribution in [-0.2, 0) is 0 Å². The molecule has 0 spiro atoms. The van der Waals surface area contributed by atoms with E-state index in [4.69, 9.17) is 4.74 Å². The van der Waals surface area contributed by atoms with E-state index in [1.807, 2.05) is 0 Å². The van der Waals surface area contributed by atoms with Crippen molar-refractivity contribution in [1.29, 1.82) is 0 Å². The first-order valence-electron chi connectivity index (χ1n) is 7.77. The Balaban J connectivity index is 1.75. The molecule has 1 heterocycles. The Labute approximate surface area is 122 Å². The first-order chi connectivity index (χ1) is 9.69. The van der Waals surface area contributed by atoms with Crippen LogP contribution in [0.15, 0.2) is 18.2 Å². The van der Waals surface area contributed by atoms with Crippen molar-refractivity contribution in [3.8, 4) is 5.75 Å². The Morgan fingerprint density at radius 1 is 1.30 bits per heavy atom. The van der Waals surface area contributed by atoms with E-state index < -0.39 is 0 Å². The minimum Gasteiger partial charge on any atom is -0.496 e. The molecule has 2 fully saturated rings. The molecule has 2 aliphatic rings. The zero-order chi connectivity index (χ0) is 14.1. The Bertz CT molecular complexity index is 470. The second kappa shape index (κ2) is 5.74. The Kier molecular flexibility index (Phi) is 3.99. The average Bonchev–Trinajstić information content (AvgIpc) is 3.19. The molecule has 3 rings (SSSR count). The van der Waals surface area contributed by atoms with Gasteiger partial charge >= 0.3 is 0 Å². The smallest absolute Gasteiger partial charge is 0.121 e. The Hall–Kier alpha value is -1.06. The first-order valence-corrected chi connectivity index (χ1v) is 7.77. The molecule has 3 heteroatoms. The number of ether oxygens (including phenoxy) is 1. The summed E-state index contributed by atoms with van der Waals surface area (Å²) in [7, 11) is 3.99. The van der Waals surface area contributed by atoms with E-state index in [1.54, 1.807) is 7.11 Å². The van der Waals surface area contributed by atoms with E-state index >= 15 is 0 Å². The molecule has 2 atom stereocenters. The van der Waals surface area contributed by atoms with Crippen LogP contribution in [0.25, 0.3) is 0 Å². The van der Waals surface area contributed by atoms with Gasteiger partial charge in [0.15, 0.2) is 0 Å². The largest absolute Gasteiger partial charge is 0.496 e. The highest BCUT2D eigenvalue weighted by atomic mass is 16.5. The van der Waals surface area contributed by atoms with Crippen molar-refractivity contribution in [2.45, 2.75) is 38.3 Å². The third-order valence-corrected chi connectivity index (χ3v) is 4.78. The number of nitrogens with zero attached hydrogens (tertiary/aromatic N) is 1. The lowest BCUT2D eigenvalue weighted by Gasteiger charge is -2.26. The molecule has 0 amide bonds. The minimum absolute atomic E-state index is 0.547. The lowest BCUT2D eigenvalue weighted by molar-refractivity contribution is 0.271. The molecule has 1 aliphatic carbocycles. The maximum atomic E-state index is 5.38. The molecular weight excluding hydrogens is 248 g/mol. The van der Waals surface area contributed by atoms with Crippen molar-refractivity contribution in [3.63, 3.8) is 0 Å². The number of benzene rings is 1.